The molecule has 2 nitrogen and oxygen atoms in total. The first-order chi connectivity index (χ1) is 7.34. The van der Waals surface area contributed by atoms with Crippen LogP contribution in [0.3, 0.4) is 0 Å². The summed E-state index contributed by atoms with van der Waals surface area (Å²) >= 11 is 2.06. The number of thioether (sulfide) groups is 1. The Hall–Kier alpha value is 0.270. The molecule has 0 aliphatic heterocycles. The van der Waals surface area contributed by atoms with Crippen LogP contribution in [-0.4, -0.2) is 30.8 Å². The monoisotopic (exact) mass is 231 g/mol. The zero-order valence-corrected chi connectivity index (χ0v) is 10.7. The van der Waals surface area contributed by atoms with Crippen LogP contribution >= 0.6 is 11.8 Å². The molecule has 0 saturated heterocycles. The van der Waals surface area contributed by atoms with Crippen LogP contribution in [0.4, 0.5) is 0 Å². The van der Waals surface area contributed by atoms with E-state index in [1.54, 1.807) is 7.11 Å². The predicted molar refractivity (Wildman–Crippen MR) is 68.4 cm³/mol. The largest absolute Gasteiger partial charge is 0.385 e. The van der Waals surface area contributed by atoms with E-state index < -0.39 is 0 Å². The van der Waals surface area contributed by atoms with E-state index in [1.165, 1.54) is 44.3 Å². The fourth-order valence-electron chi connectivity index (χ4n) is 2.12. The lowest BCUT2D eigenvalue weighted by Crippen LogP contribution is -2.33. The lowest BCUT2D eigenvalue weighted by Gasteiger charge is -2.25. The van der Waals surface area contributed by atoms with Gasteiger partial charge in [0.2, 0.25) is 0 Å². The standard InChI is InChI=1S/C12H25NOS/c1-14-9-6-10-15-12-8-5-3-2-4-7-11(12)13/h11-12H,2-10,13H2,1H3. The topological polar surface area (TPSA) is 35.2 Å². The zero-order chi connectivity index (χ0) is 10.9. The van der Waals surface area contributed by atoms with Crippen molar-refractivity contribution in [2.45, 2.75) is 56.2 Å². The molecule has 1 aliphatic rings. The van der Waals surface area contributed by atoms with Gasteiger partial charge in [-0.15, -0.1) is 0 Å². The van der Waals surface area contributed by atoms with Gasteiger partial charge in [0.15, 0.2) is 0 Å². The molecule has 1 aliphatic carbocycles. The van der Waals surface area contributed by atoms with Gasteiger partial charge in [-0.05, 0) is 25.0 Å². The lowest BCUT2D eigenvalue weighted by molar-refractivity contribution is 0.200. The summed E-state index contributed by atoms with van der Waals surface area (Å²) in [6.07, 6.45) is 9.19. The van der Waals surface area contributed by atoms with E-state index in [1.807, 2.05) is 0 Å². The third kappa shape index (κ3) is 5.79. The van der Waals surface area contributed by atoms with E-state index >= 15 is 0 Å². The molecule has 0 amide bonds. The van der Waals surface area contributed by atoms with Crippen molar-refractivity contribution < 1.29 is 4.74 Å². The number of nitrogens with two attached hydrogens (primary N) is 1. The van der Waals surface area contributed by atoms with Gasteiger partial charge in [-0.3, -0.25) is 0 Å². The minimum atomic E-state index is 0.429. The van der Waals surface area contributed by atoms with Gasteiger partial charge in [0.1, 0.15) is 0 Å². The van der Waals surface area contributed by atoms with Gasteiger partial charge < -0.3 is 10.5 Å². The summed E-state index contributed by atoms with van der Waals surface area (Å²) in [5.74, 6) is 1.20. The van der Waals surface area contributed by atoms with E-state index in [0.717, 1.165) is 13.0 Å². The molecule has 0 aromatic rings. The molecular weight excluding hydrogens is 206 g/mol. The fraction of sp³-hybridized carbons (Fsp3) is 1.00. The molecule has 1 fully saturated rings. The Bertz CT molecular complexity index is 155. The second-order valence-electron chi connectivity index (χ2n) is 4.41. The van der Waals surface area contributed by atoms with Gasteiger partial charge in [-0.2, -0.15) is 11.8 Å². The highest BCUT2D eigenvalue weighted by molar-refractivity contribution is 7.99. The van der Waals surface area contributed by atoms with E-state index in [4.69, 9.17) is 10.5 Å². The maximum absolute atomic E-state index is 6.21. The maximum Gasteiger partial charge on any atom is 0.0470 e. The Kier molecular flexibility index (Phi) is 7.49. The van der Waals surface area contributed by atoms with E-state index in [2.05, 4.69) is 11.8 Å². The molecule has 15 heavy (non-hydrogen) atoms. The van der Waals surface area contributed by atoms with Crippen molar-refractivity contribution in [2.75, 3.05) is 19.5 Å². The molecule has 1 saturated carbocycles. The highest BCUT2D eigenvalue weighted by Crippen LogP contribution is 2.26. The minimum absolute atomic E-state index is 0.429. The van der Waals surface area contributed by atoms with Gasteiger partial charge in [0.05, 0.1) is 0 Å². The van der Waals surface area contributed by atoms with Crippen LogP contribution in [0.1, 0.15) is 44.9 Å². The molecule has 2 unspecified atom stereocenters. The summed E-state index contributed by atoms with van der Waals surface area (Å²) < 4.78 is 5.06. The zero-order valence-electron chi connectivity index (χ0n) is 9.91. The SMILES string of the molecule is COCCCSC1CCCCCCC1N. The van der Waals surface area contributed by atoms with Gasteiger partial charge in [0.25, 0.3) is 0 Å². The van der Waals surface area contributed by atoms with Crippen molar-refractivity contribution >= 4 is 11.8 Å². The summed E-state index contributed by atoms with van der Waals surface area (Å²) in [7, 11) is 1.77. The predicted octanol–water partition coefficient (Wildman–Crippen LogP) is 2.81. The Morgan fingerprint density at radius 2 is 1.93 bits per heavy atom. The Labute approximate surface area is 98.3 Å². The van der Waals surface area contributed by atoms with Crippen molar-refractivity contribution in [1.82, 2.24) is 0 Å². The molecule has 3 heteroatoms. The molecule has 0 aromatic heterocycles. The van der Waals surface area contributed by atoms with Crippen LogP contribution in [0.2, 0.25) is 0 Å². The van der Waals surface area contributed by atoms with Crippen LogP contribution in [-0.2, 0) is 4.74 Å². The second-order valence-corrected chi connectivity index (χ2v) is 5.76. The average molecular weight is 231 g/mol. The van der Waals surface area contributed by atoms with Crippen molar-refractivity contribution in [1.29, 1.82) is 0 Å². The first kappa shape index (κ1) is 13.3. The lowest BCUT2D eigenvalue weighted by atomic mass is 9.97. The Morgan fingerprint density at radius 3 is 2.67 bits per heavy atom. The van der Waals surface area contributed by atoms with E-state index in [-0.39, 0.29) is 0 Å². The normalized spacial score (nSPS) is 28.4. The van der Waals surface area contributed by atoms with E-state index in [9.17, 15) is 0 Å². The average Bonchev–Trinajstić information content (AvgIpc) is 2.22. The smallest absolute Gasteiger partial charge is 0.0470 e. The maximum atomic E-state index is 6.21. The first-order valence-corrected chi connectivity index (χ1v) is 7.25. The van der Waals surface area contributed by atoms with Gasteiger partial charge in [0, 0.05) is 25.0 Å². The quantitative estimate of drug-likeness (QED) is 0.739. The highest BCUT2D eigenvalue weighted by Gasteiger charge is 2.19. The van der Waals surface area contributed by atoms with Crippen LogP contribution in [0.5, 0.6) is 0 Å². The van der Waals surface area contributed by atoms with Crippen molar-refractivity contribution in [3.05, 3.63) is 0 Å². The number of hydrogen-bond donors (Lipinski definition) is 1. The molecule has 0 spiro atoms. The molecule has 0 radical (unpaired) electrons. The molecule has 2 atom stereocenters. The third-order valence-corrected chi connectivity index (χ3v) is 4.62. The number of hydrogen-bond acceptors (Lipinski definition) is 3. The van der Waals surface area contributed by atoms with Crippen LogP contribution in [0.15, 0.2) is 0 Å². The fourth-order valence-corrected chi connectivity index (χ4v) is 3.43. The van der Waals surface area contributed by atoms with Crippen molar-refractivity contribution in [2.24, 2.45) is 5.73 Å². The third-order valence-electron chi connectivity index (χ3n) is 3.08. The molecule has 0 aromatic carbocycles. The second kappa shape index (κ2) is 8.43. The number of methoxy groups -OCH3 is 1. The van der Waals surface area contributed by atoms with Crippen LogP contribution in [0, 0.1) is 0 Å². The van der Waals surface area contributed by atoms with E-state index in [0.29, 0.717) is 11.3 Å². The van der Waals surface area contributed by atoms with Crippen LogP contribution in [0.25, 0.3) is 0 Å². The number of ether oxygens (including phenoxy) is 1. The molecule has 0 heterocycles. The first-order valence-electron chi connectivity index (χ1n) is 6.20. The molecule has 1 rings (SSSR count). The summed E-state index contributed by atoms with van der Waals surface area (Å²) in [6, 6.07) is 0.429. The van der Waals surface area contributed by atoms with Crippen LogP contribution < -0.4 is 5.73 Å². The Morgan fingerprint density at radius 1 is 1.20 bits per heavy atom. The molecular formula is C12H25NOS. The minimum Gasteiger partial charge on any atom is -0.385 e. The summed E-state index contributed by atoms with van der Waals surface area (Å²) in [5.41, 5.74) is 6.21. The number of rotatable bonds is 5. The molecule has 2 N–H and O–H groups in total. The highest BCUT2D eigenvalue weighted by atomic mass is 32.2. The van der Waals surface area contributed by atoms with Gasteiger partial charge >= 0.3 is 0 Å². The van der Waals surface area contributed by atoms with Gasteiger partial charge in [-0.25, -0.2) is 0 Å². The molecule has 0 bridgehead atoms. The van der Waals surface area contributed by atoms with Crippen molar-refractivity contribution in [3.63, 3.8) is 0 Å². The molecule has 90 valence electrons. The summed E-state index contributed by atoms with van der Waals surface area (Å²) in [5, 5.41) is 0.696. The van der Waals surface area contributed by atoms with Gasteiger partial charge in [-0.1, -0.05) is 25.7 Å². The Balaban J connectivity index is 2.17. The summed E-state index contributed by atoms with van der Waals surface area (Å²) in [4.78, 5) is 0. The van der Waals surface area contributed by atoms with Crippen molar-refractivity contribution in [3.8, 4) is 0 Å². The summed E-state index contributed by atoms with van der Waals surface area (Å²) in [6.45, 7) is 0.884.